The summed E-state index contributed by atoms with van der Waals surface area (Å²) < 4.78 is 7.08. The van der Waals surface area contributed by atoms with E-state index in [4.69, 9.17) is 4.74 Å². The topological polar surface area (TPSA) is 47.4 Å². The van der Waals surface area contributed by atoms with Gasteiger partial charge in [0.05, 0.1) is 25.8 Å². The third kappa shape index (κ3) is 2.58. The maximum atomic E-state index is 12.8. The second kappa shape index (κ2) is 5.83. The number of hydrogen-bond acceptors (Lipinski definition) is 3. The zero-order valence-corrected chi connectivity index (χ0v) is 13.2. The number of carbonyl (C=O) groups is 1. The Morgan fingerprint density at radius 3 is 2.64 bits per heavy atom. The lowest BCUT2D eigenvalue weighted by molar-refractivity contribution is -0.118. The van der Waals surface area contributed by atoms with Gasteiger partial charge in [0.2, 0.25) is 5.91 Å². The molecule has 0 fully saturated rings. The van der Waals surface area contributed by atoms with E-state index in [0.717, 1.165) is 23.6 Å². The summed E-state index contributed by atoms with van der Waals surface area (Å²) in [5.41, 5.74) is 0.989. The lowest BCUT2D eigenvalue weighted by atomic mass is 10.0. The molecule has 116 valence electrons. The summed E-state index contributed by atoms with van der Waals surface area (Å²) in [5, 5.41) is 4.34. The Bertz CT molecular complexity index is 663. The highest BCUT2D eigenvalue weighted by Crippen LogP contribution is 2.31. The number of hydrogen-bond donors (Lipinski definition) is 0. The molecule has 2 aromatic rings. The summed E-state index contributed by atoms with van der Waals surface area (Å²) in [6.07, 6.45) is 3.06. The smallest absolute Gasteiger partial charge is 0.232 e. The molecule has 5 heteroatoms. The highest BCUT2D eigenvalue weighted by Gasteiger charge is 2.32. The standard InChI is InChI=1S/C17H21N3O2/c1-12-10-13(2)20-16(8-9-18-20)19(12)17(21)11-14-4-6-15(22-3)7-5-14/h4-9,12-13H,10-11H2,1-3H3. The van der Waals surface area contributed by atoms with Gasteiger partial charge in [0.1, 0.15) is 11.6 Å². The molecular formula is C17H21N3O2. The maximum Gasteiger partial charge on any atom is 0.232 e. The van der Waals surface area contributed by atoms with E-state index in [2.05, 4.69) is 18.9 Å². The zero-order chi connectivity index (χ0) is 15.7. The van der Waals surface area contributed by atoms with Crippen LogP contribution in [0.1, 0.15) is 31.9 Å². The van der Waals surface area contributed by atoms with E-state index in [-0.39, 0.29) is 11.9 Å². The van der Waals surface area contributed by atoms with E-state index >= 15 is 0 Å². The van der Waals surface area contributed by atoms with E-state index in [9.17, 15) is 4.79 Å². The molecule has 1 amide bonds. The van der Waals surface area contributed by atoms with Gasteiger partial charge in [-0.2, -0.15) is 5.10 Å². The largest absolute Gasteiger partial charge is 0.497 e. The first-order chi connectivity index (χ1) is 10.6. The third-order valence-corrected chi connectivity index (χ3v) is 4.22. The van der Waals surface area contributed by atoms with Gasteiger partial charge in [0, 0.05) is 12.1 Å². The summed E-state index contributed by atoms with van der Waals surface area (Å²) in [4.78, 5) is 14.6. The Morgan fingerprint density at radius 1 is 1.23 bits per heavy atom. The van der Waals surface area contributed by atoms with Gasteiger partial charge < -0.3 is 4.74 Å². The van der Waals surface area contributed by atoms with Crippen LogP contribution in [-0.2, 0) is 11.2 Å². The molecular weight excluding hydrogens is 278 g/mol. The minimum absolute atomic E-state index is 0.103. The van der Waals surface area contributed by atoms with Crippen molar-refractivity contribution in [3.63, 3.8) is 0 Å². The number of fused-ring (bicyclic) bond motifs is 1. The summed E-state index contributed by atoms with van der Waals surface area (Å²) in [6.45, 7) is 4.23. The summed E-state index contributed by atoms with van der Waals surface area (Å²) in [6, 6.07) is 10.1. The first-order valence-corrected chi connectivity index (χ1v) is 7.58. The van der Waals surface area contributed by atoms with Gasteiger partial charge in [-0.05, 0) is 38.0 Å². The third-order valence-electron chi connectivity index (χ3n) is 4.22. The van der Waals surface area contributed by atoms with Crippen LogP contribution in [0.25, 0.3) is 0 Å². The van der Waals surface area contributed by atoms with Crippen molar-refractivity contribution in [2.45, 2.75) is 38.8 Å². The molecule has 0 spiro atoms. The van der Waals surface area contributed by atoms with Gasteiger partial charge in [-0.1, -0.05) is 12.1 Å². The average molecular weight is 299 g/mol. The molecule has 0 radical (unpaired) electrons. The van der Waals surface area contributed by atoms with E-state index in [1.165, 1.54) is 0 Å². The minimum atomic E-state index is 0.103. The van der Waals surface area contributed by atoms with E-state index in [1.807, 2.05) is 39.9 Å². The molecule has 2 atom stereocenters. The predicted molar refractivity (Wildman–Crippen MR) is 85.2 cm³/mol. The second-order valence-electron chi connectivity index (χ2n) is 5.86. The fourth-order valence-corrected chi connectivity index (χ4v) is 3.14. The van der Waals surface area contributed by atoms with Crippen LogP contribution in [0.4, 0.5) is 5.82 Å². The number of rotatable bonds is 3. The van der Waals surface area contributed by atoms with Crippen LogP contribution in [0.5, 0.6) is 5.75 Å². The van der Waals surface area contributed by atoms with E-state index in [0.29, 0.717) is 12.5 Å². The van der Waals surface area contributed by atoms with Crippen LogP contribution in [0.3, 0.4) is 0 Å². The fraction of sp³-hybridized carbons (Fsp3) is 0.412. The quantitative estimate of drug-likeness (QED) is 0.875. The van der Waals surface area contributed by atoms with Crippen LogP contribution < -0.4 is 9.64 Å². The van der Waals surface area contributed by atoms with Crippen molar-refractivity contribution in [1.29, 1.82) is 0 Å². The maximum absolute atomic E-state index is 12.8. The molecule has 1 aromatic heterocycles. The molecule has 0 aliphatic carbocycles. The number of aromatic nitrogens is 2. The molecule has 0 bridgehead atoms. The van der Waals surface area contributed by atoms with Crippen molar-refractivity contribution in [1.82, 2.24) is 9.78 Å². The Morgan fingerprint density at radius 2 is 1.95 bits per heavy atom. The fourth-order valence-electron chi connectivity index (χ4n) is 3.14. The molecule has 1 aliphatic rings. The monoisotopic (exact) mass is 299 g/mol. The van der Waals surface area contributed by atoms with Crippen molar-refractivity contribution >= 4 is 11.7 Å². The number of anilines is 1. The van der Waals surface area contributed by atoms with Gasteiger partial charge >= 0.3 is 0 Å². The van der Waals surface area contributed by atoms with Gasteiger partial charge in [0.15, 0.2) is 0 Å². The average Bonchev–Trinajstić information content (AvgIpc) is 2.97. The van der Waals surface area contributed by atoms with Gasteiger partial charge in [-0.3, -0.25) is 9.69 Å². The lowest BCUT2D eigenvalue weighted by Crippen LogP contribution is -2.45. The Labute approximate surface area is 130 Å². The molecule has 2 heterocycles. The van der Waals surface area contributed by atoms with Gasteiger partial charge in [0.25, 0.3) is 0 Å². The van der Waals surface area contributed by atoms with E-state index in [1.54, 1.807) is 13.3 Å². The lowest BCUT2D eigenvalue weighted by Gasteiger charge is -2.37. The highest BCUT2D eigenvalue weighted by atomic mass is 16.5. The summed E-state index contributed by atoms with van der Waals surface area (Å²) >= 11 is 0. The van der Waals surface area contributed by atoms with Crippen molar-refractivity contribution in [2.75, 3.05) is 12.0 Å². The van der Waals surface area contributed by atoms with Crippen molar-refractivity contribution in [2.24, 2.45) is 0 Å². The Balaban J connectivity index is 1.81. The number of methoxy groups -OCH3 is 1. The normalized spacial score (nSPS) is 20.6. The first kappa shape index (κ1) is 14.6. The molecule has 22 heavy (non-hydrogen) atoms. The Hall–Kier alpha value is -2.30. The Kier molecular flexibility index (Phi) is 3.88. The highest BCUT2D eigenvalue weighted by molar-refractivity contribution is 5.94. The molecule has 0 N–H and O–H groups in total. The van der Waals surface area contributed by atoms with Gasteiger partial charge in [-0.15, -0.1) is 0 Å². The molecule has 1 aliphatic heterocycles. The first-order valence-electron chi connectivity index (χ1n) is 7.58. The molecule has 2 unspecified atom stereocenters. The van der Waals surface area contributed by atoms with E-state index < -0.39 is 0 Å². The summed E-state index contributed by atoms with van der Waals surface area (Å²) in [5.74, 6) is 1.80. The molecule has 1 aromatic carbocycles. The van der Waals surface area contributed by atoms with Crippen LogP contribution >= 0.6 is 0 Å². The SMILES string of the molecule is COc1ccc(CC(=O)N2c3ccnn3C(C)CC2C)cc1. The van der Waals surface area contributed by atoms with Crippen LogP contribution in [-0.4, -0.2) is 28.8 Å². The predicted octanol–water partition coefficient (Wildman–Crippen LogP) is 2.82. The van der Waals surface area contributed by atoms with Crippen molar-refractivity contribution < 1.29 is 9.53 Å². The number of nitrogens with zero attached hydrogens (tertiary/aromatic N) is 3. The van der Waals surface area contributed by atoms with Crippen molar-refractivity contribution in [3.05, 3.63) is 42.1 Å². The minimum Gasteiger partial charge on any atom is -0.497 e. The second-order valence-corrected chi connectivity index (χ2v) is 5.86. The van der Waals surface area contributed by atoms with Crippen LogP contribution in [0.2, 0.25) is 0 Å². The number of ether oxygens (including phenoxy) is 1. The van der Waals surface area contributed by atoms with Gasteiger partial charge in [-0.25, -0.2) is 4.68 Å². The molecule has 0 saturated carbocycles. The number of benzene rings is 1. The van der Waals surface area contributed by atoms with Crippen LogP contribution in [0.15, 0.2) is 36.5 Å². The van der Waals surface area contributed by atoms with Crippen molar-refractivity contribution in [3.8, 4) is 5.75 Å². The number of amides is 1. The number of carbonyl (C=O) groups excluding carboxylic acids is 1. The van der Waals surface area contributed by atoms with Crippen LogP contribution in [0, 0.1) is 0 Å². The molecule has 3 rings (SSSR count). The molecule has 0 saturated heterocycles. The zero-order valence-electron chi connectivity index (χ0n) is 13.2. The molecule has 5 nitrogen and oxygen atoms in total. The summed E-state index contributed by atoms with van der Waals surface area (Å²) in [7, 11) is 1.64.